The van der Waals surface area contributed by atoms with E-state index in [1.54, 1.807) is 36.4 Å². The lowest BCUT2D eigenvalue weighted by Crippen LogP contribution is -2.54. The third kappa shape index (κ3) is 6.38. The zero-order valence-electron chi connectivity index (χ0n) is 19.4. The third-order valence-corrected chi connectivity index (χ3v) is 5.66. The number of hydrogen-bond acceptors (Lipinski definition) is 5. The topological polar surface area (TPSA) is 84.9 Å². The fourth-order valence-electron chi connectivity index (χ4n) is 3.63. The van der Waals surface area contributed by atoms with Crippen LogP contribution in [0.3, 0.4) is 0 Å². The quantitative estimate of drug-likeness (QED) is 0.249. The van der Waals surface area contributed by atoms with E-state index in [0.29, 0.717) is 28.7 Å². The SMILES string of the molecule is CCCCCCCCOc1ccc(C=C2C(=O)NC(=O)N(c3cccc(Cl)c3)C2=O)cc1OC. The number of anilines is 1. The Hall–Kier alpha value is -3.32. The molecule has 2 aromatic rings. The number of amides is 4. The van der Waals surface area contributed by atoms with Crippen molar-refractivity contribution in [2.45, 2.75) is 45.4 Å². The standard InChI is InChI=1S/C26H29ClN2O5/c1-3-4-5-6-7-8-14-34-22-13-12-18(16-23(22)33-2)15-21-24(30)28-26(32)29(25(21)31)20-11-9-10-19(27)17-20/h9-13,15-17H,3-8,14H2,1-2H3,(H,28,30,32). The van der Waals surface area contributed by atoms with E-state index in [0.717, 1.165) is 17.7 Å². The van der Waals surface area contributed by atoms with Crippen LogP contribution in [0, 0.1) is 0 Å². The molecular weight excluding hydrogens is 456 g/mol. The second-order valence-corrected chi connectivity index (χ2v) is 8.40. The van der Waals surface area contributed by atoms with E-state index < -0.39 is 17.8 Å². The molecule has 1 fully saturated rings. The van der Waals surface area contributed by atoms with Gasteiger partial charge in [0.2, 0.25) is 0 Å². The summed E-state index contributed by atoms with van der Waals surface area (Å²) >= 11 is 6.00. The monoisotopic (exact) mass is 484 g/mol. The number of urea groups is 1. The lowest BCUT2D eigenvalue weighted by molar-refractivity contribution is -0.122. The molecule has 0 bridgehead atoms. The molecule has 0 spiro atoms. The van der Waals surface area contributed by atoms with Gasteiger partial charge < -0.3 is 9.47 Å². The summed E-state index contributed by atoms with van der Waals surface area (Å²) in [4.78, 5) is 38.7. The van der Waals surface area contributed by atoms with Crippen molar-refractivity contribution < 1.29 is 23.9 Å². The highest BCUT2D eigenvalue weighted by Crippen LogP contribution is 2.30. The number of carbonyl (C=O) groups is 3. The van der Waals surface area contributed by atoms with E-state index in [2.05, 4.69) is 12.2 Å². The normalized spacial score (nSPS) is 15.0. The highest BCUT2D eigenvalue weighted by atomic mass is 35.5. The average molecular weight is 485 g/mol. The van der Waals surface area contributed by atoms with Crippen molar-refractivity contribution in [1.29, 1.82) is 0 Å². The number of carbonyl (C=O) groups excluding carboxylic acids is 3. The van der Waals surface area contributed by atoms with Gasteiger partial charge in [0, 0.05) is 5.02 Å². The number of nitrogens with one attached hydrogen (secondary N) is 1. The molecule has 1 aliphatic heterocycles. The van der Waals surface area contributed by atoms with Crippen LogP contribution in [0.1, 0.15) is 51.0 Å². The summed E-state index contributed by atoms with van der Waals surface area (Å²) in [5.41, 5.74) is 0.648. The van der Waals surface area contributed by atoms with Crippen LogP contribution >= 0.6 is 11.6 Å². The van der Waals surface area contributed by atoms with Crippen molar-refractivity contribution in [3.05, 3.63) is 58.6 Å². The van der Waals surface area contributed by atoms with Crippen molar-refractivity contribution in [2.75, 3.05) is 18.6 Å². The van der Waals surface area contributed by atoms with Crippen LogP contribution in [0.2, 0.25) is 5.02 Å². The summed E-state index contributed by atoms with van der Waals surface area (Å²) in [6.07, 6.45) is 8.42. The van der Waals surface area contributed by atoms with Gasteiger partial charge in [-0.2, -0.15) is 0 Å². The van der Waals surface area contributed by atoms with E-state index in [-0.39, 0.29) is 11.3 Å². The molecule has 7 nitrogen and oxygen atoms in total. The number of halogens is 1. The van der Waals surface area contributed by atoms with Crippen LogP contribution in [-0.2, 0) is 9.59 Å². The maximum Gasteiger partial charge on any atom is 0.335 e. The number of nitrogens with zero attached hydrogens (tertiary/aromatic N) is 1. The van der Waals surface area contributed by atoms with Gasteiger partial charge in [-0.3, -0.25) is 14.9 Å². The predicted octanol–water partition coefficient (Wildman–Crippen LogP) is 5.75. The highest BCUT2D eigenvalue weighted by molar-refractivity contribution is 6.39. The molecule has 1 heterocycles. The molecule has 0 radical (unpaired) electrons. The van der Waals surface area contributed by atoms with E-state index in [1.807, 2.05) is 0 Å². The van der Waals surface area contributed by atoms with Gasteiger partial charge in [0.1, 0.15) is 5.57 Å². The first kappa shape index (κ1) is 25.3. The molecule has 2 aromatic carbocycles. The Labute approximate surface area is 204 Å². The number of benzene rings is 2. The van der Waals surface area contributed by atoms with Crippen molar-refractivity contribution in [3.8, 4) is 11.5 Å². The molecular formula is C26H29ClN2O5. The first-order valence-corrected chi connectivity index (χ1v) is 11.8. The molecule has 1 saturated heterocycles. The second-order valence-electron chi connectivity index (χ2n) is 7.96. The minimum absolute atomic E-state index is 0.178. The first-order valence-electron chi connectivity index (χ1n) is 11.4. The summed E-state index contributed by atoms with van der Waals surface area (Å²) in [7, 11) is 1.53. The number of ether oxygens (including phenoxy) is 2. The second kappa shape index (κ2) is 12.2. The Balaban J connectivity index is 1.74. The molecule has 3 rings (SSSR count). The number of methoxy groups -OCH3 is 1. The molecule has 34 heavy (non-hydrogen) atoms. The third-order valence-electron chi connectivity index (χ3n) is 5.42. The molecule has 4 amide bonds. The van der Waals surface area contributed by atoms with E-state index in [9.17, 15) is 14.4 Å². The summed E-state index contributed by atoms with van der Waals surface area (Å²) in [5, 5.41) is 2.56. The van der Waals surface area contributed by atoms with Crippen molar-refractivity contribution in [2.24, 2.45) is 0 Å². The zero-order valence-corrected chi connectivity index (χ0v) is 20.2. The van der Waals surface area contributed by atoms with Crippen LogP contribution < -0.4 is 19.7 Å². The first-order chi connectivity index (χ1) is 16.4. The van der Waals surface area contributed by atoms with Crippen LogP contribution in [0.4, 0.5) is 10.5 Å². The van der Waals surface area contributed by atoms with Crippen molar-refractivity contribution in [3.63, 3.8) is 0 Å². The maximum absolute atomic E-state index is 13.0. The minimum Gasteiger partial charge on any atom is -0.493 e. The van der Waals surface area contributed by atoms with Crippen LogP contribution in [0.25, 0.3) is 6.08 Å². The fraction of sp³-hybridized carbons (Fsp3) is 0.346. The zero-order chi connectivity index (χ0) is 24.5. The Morgan fingerprint density at radius 2 is 1.74 bits per heavy atom. The molecule has 0 atom stereocenters. The molecule has 0 aromatic heterocycles. The molecule has 1 aliphatic rings. The number of unbranched alkanes of at least 4 members (excludes halogenated alkanes) is 5. The van der Waals surface area contributed by atoms with Gasteiger partial charge in [-0.1, -0.05) is 62.8 Å². The van der Waals surface area contributed by atoms with Crippen molar-refractivity contribution >= 4 is 41.2 Å². The molecule has 1 N–H and O–H groups in total. The van der Waals surface area contributed by atoms with Crippen LogP contribution in [0.5, 0.6) is 11.5 Å². The molecule has 0 saturated carbocycles. The van der Waals surface area contributed by atoms with Gasteiger partial charge in [-0.25, -0.2) is 9.69 Å². The van der Waals surface area contributed by atoms with Crippen LogP contribution in [-0.4, -0.2) is 31.6 Å². The van der Waals surface area contributed by atoms with Gasteiger partial charge in [-0.05, 0) is 48.4 Å². The molecule has 180 valence electrons. The lowest BCUT2D eigenvalue weighted by Gasteiger charge is -2.26. The Kier molecular flexibility index (Phi) is 9.10. The Bertz CT molecular complexity index is 1080. The average Bonchev–Trinajstić information content (AvgIpc) is 2.81. The van der Waals surface area contributed by atoms with E-state index in [4.69, 9.17) is 21.1 Å². The summed E-state index contributed by atoms with van der Waals surface area (Å²) in [5.74, 6) is -0.422. The minimum atomic E-state index is -0.828. The van der Waals surface area contributed by atoms with E-state index >= 15 is 0 Å². The van der Waals surface area contributed by atoms with Gasteiger partial charge in [0.25, 0.3) is 11.8 Å². The van der Waals surface area contributed by atoms with Gasteiger partial charge in [0.05, 0.1) is 19.4 Å². The number of rotatable bonds is 11. The predicted molar refractivity (Wildman–Crippen MR) is 132 cm³/mol. The maximum atomic E-state index is 13.0. The molecule has 8 heteroatoms. The highest BCUT2D eigenvalue weighted by Gasteiger charge is 2.36. The van der Waals surface area contributed by atoms with Gasteiger partial charge in [0.15, 0.2) is 11.5 Å². The van der Waals surface area contributed by atoms with Crippen molar-refractivity contribution in [1.82, 2.24) is 5.32 Å². The van der Waals surface area contributed by atoms with Gasteiger partial charge >= 0.3 is 6.03 Å². The van der Waals surface area contributed by atoms with E-state index in [1.165, 1.54) is 44.9 Å². The van der Waals surface area contributed by atoms with Gasteiger partial charge in [-0.15, -0.1) is 0 Å². The number of imide groups is 2. The Morgan fingerprint density at radius 1 is 0.971 bits per heavy atom. The lowest BCUT2D eigenvalue weighted by atomic mass is 10.1. The van der Waals surface area contributed by atoms with Crippen LogP contribution in [0.15, 0.2) is 48.0 Å². The summed E-state index contributed by atoms with van der Waals surface area (Å²) < 4.78 is 11.3. The smallest absolute Gasteiger partial charge is 0.335 e. The summed E-state index contributed by atoms with van der Waals surface area (Å²) in [6, 6.07) is 10.6. The largest absolute Gasteiger partial charge is 0.493 e. The number of barbiturate groups is 1. The summed E-state index contributed by atoms with van der Waals surface area (Å²) in [6.45, 7) is 2.78. The fourth-order valence-corrected chi connectivity index (χ4v) is 3.82. The number of hydrogen-bond donors (Lipinski definition) is 1. The Morgan fingerprint density at radius 3 is 2.47 bits per heavy atom. The molecule has 0 aliphatic carbocycles. The molecule has 0 unspecified atom stereocenters.